The molecular weight excluding hydrogens is 1380 g/mol. The summed E-state index contributed by atoms with van der Waals surface area (Å²) >= 11 is 1.22. The van der Waals surface area contributed by atoms with Crippen molar-refractivity contribution in [1.82, 2.24) is 67.7 Å². The third-order valence-corrected chi connectivity index (χ3v) is 17.9. The maximum Gasteiger partial charge on any atom is 0.291 e. The van der Waals surface area contributed by atoms with E-state index in [4.69, 9.17) is 0 Å². The number of thioether (sulfide) groups is 1. The third-order valence-electron chi connectivity index (χ3n) is 16.9. The van der Waals surface area contributed by atoms with Crippen LogP contribution >= 0.6 is 11.8 Å². The Bertz CT molecular complexity index is 4750. The molecule has 9 aromatic rings. The van der Waals surface area contributed by atoms with Crippen molar-refractivity contribution >= 4 is 122 Å². The lowest BCUT2D eigenvalue weighted by Gasteiger charge is -2.16. The van der Waals surface area contributed by atoms with E-state index in [-0.39, 0.29) is 114 Å². The molecule has 0 aliphatic carbocycles. The number of rotatable bonds is 35. The van der Waals surface area contributed by atoms with Crippen molar-refractivity contribution in [1.29, 1.82) is 0 Å². The summed E-state index contributed by atoms with van der Waals surface area (Å²) in [6, 6.07) is 20.2. The Balaban J connectivity index is 0.636. The van der Waals surface area contributed by atoms with Gasteiger partial charge in [0.05, 0.1) is 39.8 Å². The lowest BCUT2D eigenvalue weighted by atomic mass is 10.2. The van der Waals surface area contributed by atoms with E-state index in [1.165, 1.54) is 78.7 Å². The Hall–Kier alpha value is -12.5. The van der Waals surface area contributed by atoms with Gasteiger partial charge >= 0.3 is 0 Å². The first kappa shape index (κ1) is 77.7. The van der Waals surface area contributed by atoms with Crippen LogP contribution in [0, 0.1) is 0 Å². The van der Waals surface area contributed by atoms with Crippen molar-refractivity contribution in [3.05, 3.63) is 180 Å². The molecule has 0 saturated heterocycles. The molecule has 9 rings (SSSR count). The molecule has 11 amide bonds. The van der Waals surface area contributed by atoms with Gasteiger partial charge in [0.15, 0.2) is 10.9 Å². The summed E-state index contributed by atoms with van der Waals surface area (Å²) in [5.74, 6) is -3.89. The van der Waals surface area contributed by atoms with Crippen LogP contribution < -0.4 is 58.5 Å². The van der Waals surface area contributed by atoms with Crippen molar-refractivity contribution in [3.8, 4) is 0 Å². The predicted molar refractivity (Wildman–Crippen MR) is 401 cm³/mol. The van der Waals surface area contributed by atoms with Gasteiger partial charge in [-0.15, -0.1) is 0 Å². The second-order valence-corrected chi connectivity index (χ2v) is 26.5. The number of carbonyl (C=O) groups excluding carboxylic acids is 12. The standard InChI is InChI=1S/C72H87N21O12S/c1-85(27-14-23-73-60(94)19-20-63(97)106-44-45-16-11-10-12-17-45)28-15-24-74-61(95)21-25-77-66(99)54-32-48(39-88(54)4)80-69(102)57-34-50(41-90(57)6)82-70(103)58-33-49(40-92(58)8)81-67(100)55-30-46(37-89(55)5)78-62(96)18-13-22-76-65(98)53-31-47(38-87(53)3)79-68(101)56-35-51(42-91(56)7)83-71(104)59-36-52(43-93(59)9)84-72(105)64-75-26-29-86(64)2/h10-12,16-17,26,29-43H,13-15,18-25,27-28,44H2,1-9H3,(H,73,94)(H,74,95)(H,76,98)(H,77,99)(H,78,96)(H,79,101)(H,80,102)(H,81,100)(H,82,103)(H,83,104)(H,84,105). The highest BCUT2D eigenvalue weighted by molar-refractivity contribution is 8.12. The van der Waals surface area contributed by atoms with Crippen LogP contribution in [0.1, 0.15) is 135 Å². The number of amides is 11. The number of imidazole rings is 1. The van der Waals surface area contributed by atoms with Gasteiger partial charge in [-0.2, -0.15) is 0 Å². The van der Waals surface area contributed by atoms with Gasteiger partial charge in [-0.05, 0) is 87.4 Å². The van der Waals surface area contributed by atoms with E-state index in [0.29, 0.717) is 65.1 Å². The molecule has 8 heterocycles. The molecule has 33 nitrogen and oxygen atoms in total. The summed E-state index contributed by atoms with van der Waals surface area (Å²) in [5, 5.41) is 30.7. The van der Waals surface area contributed by atoms with E-state index < -0.39 is 47.3 Å². The monoisotopic (exact) mass is 1470 g/mol. The number of hydrogen-bond donors (Lipinski definition) is 11. The SMILES string of the molecule is CN(CCCNC(=O)CCNC(=O)c1cc(NC(=O)c2cc(NC(=O)c3cc(NC(=O)c4cc(NC(=O)CCCNC(=O)c5cc(NC(=O)c6cc(NC(=O)c7cc(NC(=O)c8nccn8C)cn7C)cn6C)cn5C)cn4C)cn3C)cn2C)cn1C)CCCNC(=O)CCC(=O)SCc1ccccc1. The Labute approximate surface area is 614 Å². The maximum absolute atomic E-state index is 13.6. The quantitative estimate of drug-likeness (QED) is 0.0210. The van der Waals surface area contributed by atoms with Gasteiger partial charge in [0.2, 0.25) is 17.7 Å². The molecule has 558 valence electrons. The van der Waals surface area contributed by atoms with E-state index in [2.05, 4.69) is 68.4 Å². The highest BCUT2D eigenvalue weighted by atomic mass is 32.2. The number of aryl methyl sites for hydroxylation is 8. The van der Waals surface area contributed by atoms with Crippen molar-refractivity contribution in [3.63, 3.8) is 0 Å². The number of nitrogens with zero attached hydrogens (tertiary/aromatic N) is 10. The van der Waals surface area contributed by atoms with Crippen LogP contribution in [-0.4, -0.2) is 163 Å². The first-order chi connectivity index (χ1) is 50.6. The summed E-state index contributed by atoms with van der Waals surface area (Å²) in [4.78, 5) is 163. The first-order valence-electron chi connectivity index (χ1n) is 33.9. The van der Waals surface area contributed by atoms with Gasteiger partial charge in [0, 0.05) is 170 Å². The largest absolute Gasteiger partial charge is 0.356 e. The Morgan fingerprint density at radius 3 is 1.08 bits per heavy atom. The first-order valence-corrected chi connectivity index (χ1v) is 34.9. The second kappa shape index (κ2) is 36.1. The summed E-state index contributed by atoms with van der Waals surface area (Å²) in [6.45, 7) is 2.62. The van der Waals surface area contributed by atoms with Crippen LogP contribution in [0.25, 0.3) is 0 Å². The zero-order valence-corrected chi connectivity index (χ0v) is 61.1. The van der Waals surface area contributed by atoms with Crippen LogP contribution in [0.2, 0.25) is 0 Å². The molecule has 106 heavy (non-hydrogen) atoms. The highest BCUT2D eigenvalue weighted by Crippen LogP contribution is 2.24. The van der Waals surface area contributed by atoms with E-state index in [1.54, 1.807) is 124 Å². The molecule has 1 aromatic carbocycles. The van der Waals surface area contributed by atoms with Gasteiger partial charge in [-0.1, -0.05) is 42.1 Å². The molecule has 0 saturated carbocycles. The molecule has 0 spiro atoms. The minimum atomic E-state index is -0.540. The number of anilines is 7. The van der Waals surface area contributed by atoms with E-state index in [1.807, 2.05) is 37.4 Å². The number of carbonyl (C=O) groups is 12. The lowest BCUT2D eigenvalue weighted by Crippen LogP contribution is -2.33. The zero-order valence-electron chi connectivity index (χ0n) is 60.3. The van der Waals surface area contributed by atoms with Crippen LogP contribution in [0.4, 0.5) is 39.8 Å². The van der Waals surface area contributed by atoms with E-state index in [0.717, 1.165) is 25.1 Å². The third kappa shape index (κ3) is 21.6. The van der Waals surface area contributed by atoms with Crippen LogP contribution in [0.15, 0.2) is 129 Å². The van der Waals surface area contributed by atoms with Crippen LogP contribution in [0.5, 0.6) is 0 Å². The summed E-state index contributed by atoms with van der Waals surface area (Å²) in [6.07, 6.45) is 16.2. The summed E-state index contributed by atoms with van der Waals surface area (Å²) in [5.41, 5.74) is 4.88. The van der Waals surface area contributed by atoms with Gasteiger partial charge in [0.1, 0.15) is 39.9 Å². The molecular formula is C72H87N21O12S. The van der Waals surface area contributed by atoms with Crippen LogP contribution in [0.3, 0.4) is 0 Å². The smallest absolute Gasteiger partial charge is 0.291 e. The average Bonchev–Trinajstić information content (AvgIpc) is 1.69. The summed E-state index contributed by atoms with van der Waals surface area (Å²) in [7, 11) is 15.1. The topological polar surface area (TPSA) is 393 Å². The van der Waals surface area contributed by atoms with Gasteiger partial charge in [0.25, 0.3) is 47.3 Å². The molecule has 8 aromatic heterocycles. The van der Waals surface area contributed by atoms with Gasteiger partial charge < -0.3 is 99.9 Å². The molecule has 0 radical (unpaired) electrons. The predicted octanol–water partition coefficient (Wildman–Crippen LogP) is 5.76. The van der Waals surface area contributed by atoms with Crippen molar-refractivity contribution in [2.75, 3.05) is 83.5 Å². The normalized spacial score (nSPS) is 11.0. The molecule has 0 unspecified atom stereocenters. The number of nitrogens with one attached hydrogen (secondary N) is 11. The van der Waals surface area contributed by atoms with Crippen molar-refractivity contribution in [2.24, 2.45) is 56.4 Å². The number of hydrogen-bond acceptors (Lipinski definition) is 15. The fourth-order valence-electron chi connectivity index (χ4n) is 11.4. The molecule has 11 N–H and O–H groups in total. The molecule has 0 bridgehead atoms. The molecule has 0 aliphatic heterocycles. The molecule has 0 fully saturated rings. The Morgan fingerprint density at radius 2 is 0.698 bits per heavy atom. The molecule has 0 atom stereocenters. The van der Waals surface area contributed by atoms with Gasteiger partial charge in [-0.25, -0.2) is 4.98 Å². The number of aromatic nitrogens is 9. The molecule has 0 aliphatic rings. The Morgan fingerprint density at radius 1 is 0.358 bits per heavy atom. The van der Waals surface area contributed by atoms with Crippen molar-refractivity contribution in [2.45, 2.75) is 50.7 Å². The zero-order chi connectivity index (χ0) is 76.3. The van der Waals surface area contributed by atoms with Crippen molar-refractivity contribution < 1.29 is 57.5 Å². The summed E-state index contributed by atoms with van der Waals surface area (Å²) < 4.78 is 12.3. The second-order valence-electron chi connectivity index (χ2n) is 25.4. The minimum Gasteiger partial charge on any atom is -0.356 e. The Kier molecular flexibility index (Phi) is 26.5. The lowest BCUT2D eigenvalue weighted by molar-refractivity contribution is -0.123. The molecule has 34 heteroatoms. The highest BCUT2D eigenvalue weighted by Gasteiger charge is 2.24. The fraction of sp³-hybridized carbons (Fsp3) is 0.319. The minimum absolute atomic E-state index is 0.0133. The van der Waals surface area contributed by atoms with Gasteiger partial charge in [-0.3, -0.25) is 57.5 Å². The fourth-order valence-corrected chi connectivity index (χ4v) is 12.1. The van der Waals surface area contributed by atoms with E-state index in [9.17, 15) is 57.5 Å². The van der Waals surface area contributed by atoms with E-state index >= 15 is 0 Å². The van der Waals surface area contributed by atoms with Crippen LogP contribution in [-0.2, 0) is 81.3 Å². The maximum atomic E-state index is 13.6. The average molecular weight is 1470 g/mol. The number of benzene rings is 1.